The summed E-state index contributed by atoms with van der Waals surface area (Å²) in [5.41, 5.74) is 16.4. The number of hydrogen-bond donors (Lipinski definition) is 0. The van der Waals surface area contributed by atoms with E-state index in [9.17, 15) is 10.5 Å². The van der Waals surface area contributed by atoms with Gasteiger partial charge in [-0.05, 0) is 91.7 Å². The van der Waals surface area contributed by atoms with E-state index < -0.39 is 0 Å². The molecule has 56 heavy (non-hydrogen) atoms. The van der Waals surface area contributed by atoms with Gasteiger partial charge in [-0.25, -0.2) is 0 Å². The van der Waals surface area contributed by atoms with Crippen molar-refractivity contribution >= 4 is 65.2 Å². The predicted molar refractivity (Wildman–Crippen MR) is 228 cm³/mol. The number of hydrogen-bond acceptors (Lipinski definition) is 2. The fourth-order valence-electron chi connectivity index (χ4n) is 10.3. The number of para-hydroxylation sites is 2. The molecule has 13 rings (SSSR count). The average molecular weight is 707 g/mol. The first-order chi connectivity index (χ1) is 27.7. The molecule has 0 aliphatic heterocycles. The van der Waals surface area contributed by atoms with E-state index in [1.807, 2.05) is 6.07 Å². The number of rotatable bonds is 2. The molecule has 2 heterocycles. The Bertz CT molecular complexity index is 3730. The van der Waals surface area contributed by atoms with Crippen LogP contribution in [0.5, 0.6) is 0 Å². The lowest BCUT2D eigenvalue weighted by Crippen LogP contribution is -2.07. The Hall–Kier alpha value is -7.92. The van der Waals surface area contributed by atoms with Gasteiger partial charge in [-0.15, -0.1) is 0 Å². The van der Waals surface area contributed by atoms with Crippen molar-refractivity contribution in [2.45, 2.75) is 0 Å². The molecular weight excluding hydrogens is 681 g/mol. The molecule has 0 N–H and O–H groups in total. The van der Waals surface area contributed by atoms with Crippen molar-refractivity contribution in [1.29, 1.82) is 10.5 Å². The van der Waals surface area contributed by atoms with E-state index in [1.54, 1.807) is 6.07 Å². The van der Waals surface area contributed by atoms with Crippen molar-refractivity contribution in [2.75, 3.05) is 0 Å². The Morgan fingerprint density at radius 2 is 0.804 bits per heavy atom. The predicted octanol–water partition coefficient (Wildman–Crippen LogP) is 13.2. The lowest BCUT2D eigenvalue weighted by molar-refractivity contribution is 1.09. The van der Waals surface area contributed by atoms with Crippen molar-refractivity contribution < 1.29 is 0 Å². The molecule has 4 nitrogen and oxygen atoms in total. The maximum Gasteiger partial charge on any atom is 0.101 e. The highest BCUT2D eigenvalue weighted by Gasteiger charge is 2.30. The maximum atomic E-state index is 11.1. The second-order valence-electron chi connectivity index (χ2n) is 15.0. The van der Waals surface area contributed by atoms with E-state index in [1.165, 1.54) is 55.3 Å². The smallest absolute Gasteiger partial charge is 0.101 e. The zero-order valence-corrected chi connectivity index (χ0v) is 29.8. The maximum absolute atomic E-state index is 11.1. The summed E-state index contributed by atoms with van der Waals surface area (Å²) in [5.74, 6) is 0. The Kier molecular flexibility index (Phi) is 5.48. The van der Waals surface area contributed by atoms with Gasteiger partial charge >= 0.3 is 0 Å². The number of nitriles is 2. The molecule has 0 unspecified atom stereocenters. The summed E-state index contributed by atoms with van der Waals surface area (Å²) in [6.45, 7) is 0. The minimum Gasteiger partial charge on any atom is -0.306 e. The fourth-order valence-corrected chi connectivity index (χ4v) is 10.3. The minimum absolute atomic E-state index is 0.438. The van der Waals surface area contributed by atoms with E-state index in [2.05, 4.69) is 167 Å². The lowest BCUT2D eigenvalue weighted by Gasteiger charge is -2.20. The van der Waals surface area contributed by atoms with Crippen LogP contribution in [0.25, 0.3) is 121 Å². The van der Waals surface area contributed by atoms with Crippen LogP contribution in [0.15, 0.2) is 158 Å². The van der Waals surface area contributed by atoms with Crippen molar-refractivity contribution in [3.63, 3.8) is 0 Å². The second-order valence-corrected chi connectivity index (χ2v) is 15.0. The molecule has 2 aliphatic carbocycles. The van der Waals surface area contributed by atoms with E-state index in [4.69, 9.17) is 0 Å². The van der Waals surface area contributed by atoms with E-state index >= 15 is 0 Å². The van der Waals surface area contributed by atoms with Crippen LogP contribution in [0.2, 0.25) is 0 Å². The molecule has 0 saturated heterocycles. The Balaban J connectivity index is 1.25. The molecule has 0 spiro atoms. The molecule has 9 aromatic carbocycles. The van der Waals surface area contributed by atoms with Crippen LogP contribution in [0.1, 0.15) is 11.1 Å². The third-order valence-electron chi connectivity index (χ3n) is 12.4. The summed E-state index contributed by atoms with van der Waals surface area (Å²) in [7, 11) is 0. The lowest BCUT2D eigenvalue weighted by atomic mass is 9.98. The Labute approximate surface area is 320 Å². The number of aromatic nitrogens is 2. The van der Waals surface area contributed by atoms with Crippen LogP contribution in [0.4, 0.5) is 0 Å². The summed E-state index contributed by atoms with van der Waals surface area (Å²) < 4.78 is 4.63. The van der Waals surface area contributed by atoms with Crippen molar-refractivity contribution in [1.82, 2.24) is 9.13 Å². The van der Waals surface area contributed by atoms with Crippen LogP contribution < -0.4 is 0 Å². The molecule has 0 saturated carbocycles. The standard InChI is InChI=1S/C52H26N4/c53-27-29-23-30(28-54)50(56-46-22-8-6-16-36(46)44-26-42-34-14-4-2-12-32(34)38-18-10-20-40(49(38)42)52(44)56)47(24-29)55-45-21-7-5-15-35(45)43-25-41-33-13-3-1-11-31(33)37-17-9-19-39(48(37)41)51(43)55/h1-26H. The van der Waals surface area contributed by atoms with Crippen LogP contribution in [-0.2, 0) is 0 Å². The zero-order valence-electron chi connectivity index (χ0n) is 29.8. The van der Waals surface area contributed by atoms with Gasteiger partial charge in [0, 0.05) is 32.3 Å². The van der Waals surface area contributed by atoms with Gasteiger partial charge in [0.05, 0.1) is 50.6 Å². The normalized spacial score (nSPS) is 12.2. The monoisotopic (exact) mass is 706 g/mol. The molecule has 2 aliphatic rings. The molecule has 2 aromatic heterocycles. The van der Waals surface area contributed by atoms with E-state index in [0.717, 1.165) is 65.8 Å². The molecule has 4 heteroatoms. The van der Waals surface area contributed by atoms with Gasteiger partial charge in [-0.1, -0.05) is 121 Å². The number of nitrogens with zero attached hydrogens (tertiary/aromatic N) is 4. The zero-order chi connectivity index (χ0) is 36.8. The molecular formula is C52H26N4. The van der Waals surface area contributed by atoms with Crippen LogP contribution >= 0.6 is 0 Å². The quantitative estimate of drug-likeness (QED) is 0.180. The fraction of sp³-hybridized carbons (Fsp3) is 0. The average Bonchev–Trinajstić information content (AvgIpc) is 3.98. The number of fused-ring (bicyclic) bond motifs is 14. The summed E-state index contributed by atoms with van der Waals surface area (Å²) in [4.78, 5) is 0. The van der Waals surface area contributed by atoms with Gasteiger partial charge < -0.3 is 9.13 Å². The second kappa shape index (κ2) is 10.4. The number of benzene rings is 9. The summed E-state index contributed by atoms with van der Waals surface area (Å²) in [6.07, 6.45) is 0. The first-order valence-corrected chi connectivity index (χ1v) is 18.9. The SMILES string of the molecule is N#Cc1cc(C#N)c(-n2c3ccccc3c3cc4c5c(cccc5c32)-c2ccccc2-4)c(-n2c3ccccc3c3cc4c5c(cccc5c32)-c2ccccc2-4)c1. The van der Waals surface area contributed by atoms with Gasteiger partial charge in [0.1, 0.15) is 6.07 Å². The van der Waals surface area contributed by atoms with Crippen molar-refractivity contribution in [2.24, 2.45) is 0 Å². The minimum atomic E-state index is 0.438. The molecule has 11 aromatic rings. The van der Waals surface area contributed by atoms with E-state index in [-0.39, 0.29) is 0 Å². The third kappa shape index (κ3) is 3.48. The van der Waals surface area contributed by atoms with Crippen LogP contribution in [0, 0.1) is 22.7 Å². The van der Waals surface area contributed by atoms with E-state index in [0.29, 0.717) is 11.1 Å². The summed E-state index contributed by atoms with van der Waals surface area (Å²) >= 11 is 0. The van der Waals surface area contributed by atoms with Crippen LogP contribution in [0.3, 0.4) is 0 Å². The van der Waals surface area contributed by atoms with Crippen molar-refractivity contribution in [3.05, 3.63) is 169 Å². The Morgan fingerprint density at radius 3 is 1.34 bits per heavy atom. The summed E-state index contributed by atoms with van der Waals surface area (Å²) in [5, 5.41) is 30.9. The van der Waals surface area contributed by atoms with Gasteiger partial charge in [0.15, 0.2) is 0 Å². The molecule has 0 radical (unpaired) electrons. The molecule has 0 bridgehead atoms. The van der Waals surface area contributed by atoms with Gasteiger partial charge in [-0.3, -0.25) is 0 Å². The molecule has 0 amide bonds. The topological polar surface area (TPSA) is 57.4 Å². The Morgan fingerprint density at radius 1 is 0.357 bits per heavy atom. The molecule has 0 atom stereocenters. The largest absolute Gasteiger partial charge is 0.306 e. The summed E-state index contributed by atoms with van der Waals surface area (Å²) in [6, 6.07) is 61.1. The first kappa shape index (κ1) is 29.5. The van der Waals surface area contributed by atoms with Crippen molar-refractivity contribution in [3.8, 4) is 68.0 Å². The molecule has 0 fully saturated rings. The third-order valence-corrected chi connectivity index (χ3v) is 12.4. The highest BCUT2D eigenvalue weighted by molar-refractivity contribution is 6.29. The highest BCUT2D eigenvalue weighted by atomic mass is 15.1. The highest BCUT2D eigenvalue weighted by Crippen LogP contribution is 2.53. The molecule has 254 valence electrons. The van der Waals surface area contributed by atoms with Crippen LogP contribution in [-0.4, -0.2) is 9.13 Å². The van der Waals surface area contributed by atoms with Gasteiger partial charge in [-0.2, -0.15) is 10.5 Å². The first-order valence-electron chi connectivity index (χ1n) is 18.9. The van der Waals surface area contributed by atoms with Gasteiger partial charge in [0.25, 0.3) is 0 Å². The van der Waals surface area contributed by atoms with Gasteiger partial charge in [0.2, 0.25) is 0 Å².